The predicted molar refractivity (Wildman–Crippen MR) is 68.7 cm³/mol. The summed E-state index contributed by atoms with van der Waals surface area (Å²) in [5.74, 6) is 0.777. The van der Waals surface area contributed by atoms with E-state index < -0.39 is 10.0 Å². The van der Waals surface area contributed by atoms with E-state index in [1.165, 1.54) is 6.20 Å². The van der Waals surface area contributed by atoms with Crippen LogP contribution in [0.2, 0.25) is 0 Å². The molecule has 0 aromatic carbocycles. The first-order chi connectivity index (χ1) is 8.49. The molecule has 1 aromatic heterocycles. The zero-order valence-corrected chi connectivity index (χ0v) is 11.7. The lowest BCUT2D eigenvalue weighted by Crippen LogP contribution is -2.12. The molecule has 0 bridgehead atoms. The molecule has 0 unspecified atom stereocenters. The van der Waals surface area contributed by atoms with Gasteiger partial charge in [0, 0.05) is 32.9 Å². The van der Waals surface area contributed by atoms with E-state index in [-0.39, 0.29) is 5.03 Å². The van der Waals surface area contributed by atoms with Gasteiger partial charge in [-0.25, -0.2) is 18.5 Å². The summed E-state index contributed by atoms with van der Waals surface area (Å²) in [6.45, 7) is 3.47. The Morgan fingerprint density at radius 2 is 2.17 bits per heavy atom. The summed E-state index contributed by atoms with van der Waals surface area (Å²) in [5, 5.41) is 5.04. The number of nitrogens with zero attached hydrogens (tertiary/aromatic N) is 2. The van der Waals surface area contributed by atoms with E-state index >= 15 is 0 Å². The third-order valence-corrected chi connectivity index (χ3v) is 3.38. The molecule has 1 aromatic rings. The van der Waals surface area contributed by atoms with E-state index in [0.29, 0.717) is 6.61 Å². The molecule has 7 heteroatoms. The largest absolute Gasteiger partial charge is 0.385 e. The van der Waals surface area contributed by atoms with Crippen molar-refractivity contribution in [2.75, 3.05) is 13.7 Å². The molecule has 0 radical (unpaired) electrons. The van der Waals surface area contributed by atoms with E-state index in [1.54, 1.807) is 7.11 Å². The lowest BCUT2D eigenvalue weighted by atomic mass is 10.3. The fraction of sp³-hybridized carbons (Fsp3) is 0.727. The molecule has 104 valence electrons. The fourth-order valence-corrected chi connectivity index (χ4v) is 2.22. The molecule has 0 fully saturated rings. The van der Waals surface area contributed by atoms with Gasteiger partial charge in [-0.05, 0) is 19.3 Å². The molecule has 18 heavy (non-hydrogen) atoms. The number of aromatic nitrogens is 2. The van der Waals surface area contributed by atoms with Crippen molar-refractivity contribution in [3.8, 4) is 0 Å². The molecule has 2 N–H and O–H groups in total. The Morgan fingerprint density at radius 3 is 2.72 bits per heavy atom. The van der Waals surface area contributed by atoms with E-state index in [1.807, 2.05) is 11.5 Å². The Balaban J connectivity index is 2.78. The van der Waals surface area contributed by atoms with Gasteiger partial charge in [-0.3, -0.25) is 0 Å². The van der Waals surface area contributed by atoms with Gasteiger partial charge in [-0.1, -0.05) is 6.92 Å². The number of hydrogen-bond acceptors (Lipinski definition) is 4. The summed E-state index contributed by atoms with van der Waals surface area (Å²) in [5.41, 5.74) is 0. The number of ether oxygens (including phenoxy) is 1. The summed E-state index contributed by atoms with van der Waals surface area (Å²) < 4.78 is 29.4. The third-order valence-electron chi connectivity index (χ3n) is 2.60. The maximum Gasteiger partial charge on any atom is 0.257 e. The number of primary sulfonamides is 1. The van der Waals surface area contributed by atoms with Gasteiger partial charge in [0.15, 0.2) is 5.03 Å². The zero-order valence-electron chi connectivity index (χ0n) is 10.9. The van der Waals surface area contributed by atoms with Crippen molar-refractivity contribution in [2.45, 2.75) is 44.2 Å². The summed E-state index contributed by atoms with van der Waals surface area (Å²) in [6, 6.07) is 0. The molecule has 0 aliphatic carbocycles. The second-order valence-electron chi connectivity index (χ2n) is 4.18. The van der Waals surface area contributed by atoms with Crippen LogP contribution in [-0.2, 0) is 27.7 Å². The Labute approximate surface area is 108 Å². The molecule has 0 aliphatic heterocycles. The molecule has 0 amide bonds. The molecule has 0 saturated carbocycles. The molecule has 1 rings (SSSR count). The van der Waals surface area contributed by atoms with Gasteiger partial charge in [0.25, 0.3) is 10.0 Å². The van der Waals surface area contributed by atoms with Crippen LogP contribution in [0.15, 0.2) is 11.2 Å². The van der Waals surface area contributed by atoms with Crippen LogP contribution < -0.4 is 5.14 Å². The molecule has 0 atom stereocenters. The minimum absolute atomic E-state index is 0.0438. The number of hydrogen-bond donors (Lipinski definition) is 1. The molecule has 0 spiro atoms. The first kappa shape index (κ1) is 15.1. The maximum atomic E-state index is 11.3. The Hall–Kier alpha value is -0.920. The number of nitrogens with two attached hydrogens (primary N) is 1. The first-order valence-electron chi connectivity index (χ1n) is 6.06. The lowest BCUT2D eigenvalue weighted by Gasteiger charge is -2.06. The van der Waals surface area contributed by atoms with Gasteiger partial charge < -0.3 is 9.30 Å². The van der Waals surface area contributed by atoms with Crippen molar-refractivity contribution in [1.29, 1.82) is 0 Å². The number of methoxy groups -OCH3 is 1. The zero-order chi connectivity index (χ0) is 13.6. The lowest BCUT2D eigenvalue weighted by molar-refractivity contribution is 0.191. The summed E-state index contributed by atoms with van der Waals surface area (Å²) >= 11 is 0. The number of sulfonamides is 1. The molecule has 1 heterocycles. The van der Waals surface area contributed by atoms with E-state index in [4.69, 9.17) is 9.88 Å². The van der Waals surface area contributed by atoms with Gasteiger partial charge in [0.05, 0.1) is 0 Å². The van der Waals surface area contributed by atoms with Crippen LogP contribution >= 0.6 is 0 Å². The van der Waals surface area contributed by atoms with Gasteiger partial charge in [-0.15, -0.1) is 0 Å². The number of unbranched alkanes of at least 4 members (excludes halogenated alkanes) is 1. The molecule has 6 nitrogen and oxygen atoms in total. The van der Waals surface area contributed by atoms with Crippen LogP contribution in [0, 0.1) is 0 Å². The first-order valence-corrected chi connectivity index (χ1v) is 7.61. The van der Waals surface area contributed by atoms with E-state index in [0.717, 1.165) is 38.1 Å². The van der Waals surface area contributed by atoms with Crippen molar-refractivity contribution in [3.05, 3.63) is 12.0 Å². The minimum atomic E-state index is -3.71. The topological polar surface area (TPSA) is 87.2 Å². The summed E-state index contributed by atoms with van der Waals surface area (Å²) in [7, 11) is -2.05. The quantitative estimate of drug-likeness (QED) is 0.714. The van der Waals surface area contributed by atoms with E-state index in [9.17, 15) is 8.42 Å². The van der Waals surface area contributed by atoms with Gasteiger partial charge in [-0.2, -0.15) is 0 Å². The average molecular weight is 275 g/mol. The number of imidazole rings is 1. The third kappa shape index (κ3) is 4.40. The maximum absolute atomic E-state index is 11.3. The van der Waals surface area contributed by atoms with Gasteiger partial charge in [0.1, 0.15) is 5.82 Å². The monoisotopic (exact) mass is 275 g/mol. The van der Waals surface area contributed by atoms with E-state index in [2.05, 4.69) is 4.98 Å². The number of aryl methyl sites for hydroxylation is 2. The standard InChI is InChI=1S/C11H21N3O3S/c1-3-6-10-13-11(18(12,15)16)9-14(10)7-4-5-8-17-2/h9H,3-8H2,1-2H3,(H2,12,15,16). The van der Waals surface area contributed by atoms with Crippen LogP contribution in [0.5, 0.6) is 0 Å². The smallest absolute Gasteiger partial charge is 0.257 e. The minimum Gasteiger partial charge on any atom is -0.385 e. The second kappa shape index (κ2) is 6.86. The van der Waals surface area contributed by atoms with Gasteiger partial charge in [0.2, 0.25) is 0 Å². The van der Waals surface area contributed by atoms with Crippen LogP contribution in [0.3, 0.4) is 0 Å². The SMILES string of the molecule is CCCc1nc(S(N)(=O)=O)cn1CCCCOC. The molecule has 0 aliphatic rings. The highest BCUT2D eigenvalue weighted by atomic mass is 32.2. The molecular weight excluding hydrogens is 254 g/mol. The number of rotatable bonds is 8. The highest BCUT2D eigenvalue weighted by Crippen LogP contribution is 2.11. The van der Waals surface area contributed by atoms with Crippen LogP contribution in [0.1, 0.15) is 32.0 Å². The predicted octanol–water partition coefficient (Wildman–Crippen LogP) is 0.910. The second-order valence-corrected chi connectivity index (χ2v) is 5.69. The average Bonchev–Trinajstić information content (AvgIpc) is 2.68. The molecular formula is C11H21N3O3S. The Morgan fingerprint density at radius 1 is 1.44 bits per heavy atom. The van der Waals surface area contributed by atoms with Crippen molar-refractivity contribution in [2.24, 2.45) is 5.14 Å². The van der Waals surface area contributed by atoms with Crippen molar-refractivity contribution in [3.63, 3.8) is 0 Å². The molecule has 0 saturated heterocycles. The van der Waals surface area contributed by atoms with Crippen LogP contribution in [0.4, 0.5) is 0 Å². The van der Waals surface area contributed by atoms with Crippen molar-refractivity contribution < 1.29 is 13.2 Å². The van der Waals surface area contributed by atoms with Crippen LogP contribution in [-0.4, -0.2) is 31.7 Å². The summed E-state index contributed by atoms with van der Waals surface area (Å²) in [6.07, 6.45) is 5.04. The van der Waals surface area contributed by atoms with Crippen molar-refractivity contribution >= 4 is 10.0 Å². The summed E-state index contributed by atoms with van der Waals surface area (Å²) in [4.78, 5) is 4.09. The Kier molecular flexibility index (Phi) is 5.77. The van der Waals surface area contributed by atoms with Crippen LogP contribution in [0.25, 0.3) is 0 Å². The normalized spacial score (nSPS) is 11.9. The fourth-order valence-electron chi connectivity index (χ4n) is 1.71. The Bertz CT molecular complexity index is 468. The highest BCUT2D eigenvalue weighted by molar-refractivity contribution is 7.89. The van der Waals surface area contributed by atoms with Crippen molar-refractivity contribution in [1.82, 2.24) is 9.55 Å². The highest BCUT2D eigenvalue weighted by Gasteiger charge is 2.15. The van der Waals surface area contributed by atoms with Gasteiger partial charge >= 0.3 is 0 Å².